The molecule has 2 aromatic carbocycles. The van der Waals surface area contributed by atoms with E-state index in [1.54, 1.807) is 43.5 Å². The number of nitrogens with zero attached hydrogens (tertiary/aromatic N) is 1. The summed E-state index contributed by atoms with van der Waals surface area (Å²) in [6.45, 7) is 9.97. The quantitative estimate of drug-likeness (QED) is 0.302. The lowest BCUT2D eigenvalue weighted by Gasteiger charge is -2.26. The van der Waals surface area contributed by atoms with Crippen LogP contribution in [0, 0.1) is 13.8 Å². The number of hydrogen-bond donors (Lipinski definition) is 1. The first-order chi connectivity index (χ1) is 16.1. The highest BCUT2D eigenvalue weighted by molar-refractivity contribution is 6.51. The Morgan fingerprint density at radius 3 is 2.41 bits per heavy atom. The zero-order valence-corrected chi connectivity index (χ0v) is 20.3. The van der Waals surface area contributed by atoms with Gasteiger partial charge in [-0.15, -0.1) is 0 Å². The molecular weight excluding hydrogens is 430 g/mol. The number of Topliss-reactive ketones (excluding diaryl/α,β-unsaturated/α-hetero) is 1. The highest BCUT2D eigenvalue weighted by Gasteiger charge is 2.48. The molecule has 1 fully saturated rings. The van der Waals surface area contributed by atoms with Crippen molar-refractivity contribution in [2.75, 3.05) is 12.0 Å². The van der Waals surface area contributed by atoms with Crippen molar-refractivity contribution in [3.05, 3.63) is 88.4 Å². The number of aliphatic hydroxyl groups excluding tert-OH is 1. The Hall–Kier alpha value is -3.80. The Morgan fingerprint density at radius 2 is 1.79 bits per heavy atom. The minimum atomic E-state index is -0.893. The highest BCUT2D eigenvalue weighted by atomic mass is 16.5. The van der Waals surface area contributed by atoms with E-state index in [2.05, 4.69) is 0 Å². The first-order valence-electron chi connectivity index (χ1n) is 11.2. The molecule has 1 unspecified atom stereocenters. The van der Waals surface area contributed by atoms with Crippen molar-refractivity contribution in [3.63, 3.8) is 0 Å². The molecule has 0 spiro atoms. The summed E-state index contributed by atoms with van der Waals surface area (Å²) in [5, 5.41) is 11.4. The molecule has 1 aromatic heterocycles. The number of carbonyl (C=O) groups excluding carboxylic acids is 2. The fraction of sp³-hybridized carbons (Fsp3) is 0.286. The van der Waals surface area contributed by atoms with Crippen molar-refractivity contribution in [3.8, 4) is 5.75 Å². The zero-order valence-electron chi connectivity index (χ0n) is 20.3. The molecule has 34 heavy (non-hydrogen) atoms. The van der Waals surface area contributed by atoms with E-state index >= 15 is 0 Å². The van der Waals surface area contributed by atoms with Crippen LogP contribution in [0.2, 0.25) is 0 Å². The van der Waals surface area contributed by atoms with Gasteiger partial charge in [-0.05, 0) is 66.8 Å². The molecule has 4 rings (SSSR count). The van der Waals surface area contributed by atoms with Crippen LogP contribution in [0.4, 0.5) is 5.69 Å². The topological polar surface area (TPSA) is 80.0 Å². The number of rotatable bonds is 4. The predicted molar refractivity (Wildman–Crippen MR) is 131 cm³/mol. The molecule has 1 amide bonds. The Bertz CT molecular complexity index is 1290. The van der Waals surface area contributed by atoms with E-state index in [0.717, 1.165) is 16.7 Å². The highest BCUT2D eigenvalue weighted by Crippen LogP contribution is 2.44. The van der Waals surface area contributed by atoms with Crippen molar-refractivity contribution in [2.45, 2.75) is 46.1 Å². The van der Waals surface area contributed by atoms with Gasteiger partial charge < -0.3 is 14.3 Å². The van der Waals surface area contributed by atoms with Gasteiger partial charge in [-0.1, -0.05) is 32.9 Å². The maximum Gasteiger partial charge on any atom is 0.300 e. The van der Waals surface area contributed by atoms with Crippen LogP contribution in [0.3, 0.4) is 0 Å². The van der Waals surface area contributed by atoms with Gasteiger partial charge in [0.05, 0.1) is 18.9 Å². The van der Waals surface area contributed by atoms with Crippen LogP contribution in [0.1, 0.15) is 54.8 Å². The molecule has 0 saturated carbocycles. The fourth-order valence-electron chi connectivity index (χ4n) is 4.39. The van der Waals surface area contributed by atoms with Gasteiger partial charge in [0.25, 0.3) is 11.7 Å². The number of carbonyl (C=O) groups is 2. The second kappa shape index (κ2) is 8.52. The summed E-state index contributed by atoms with van der Waals surface area (Å²) in [6, 6.07) is 13.4. The summed E-state index contributed by atoms with van der Waals surface area (Å²) in [5.41, 5.74) is 3.49. The maximum absolute atomic E-state index is 13.3. The van der Waals surface area contributed by atoms with Gasteiger partial charge in [0.1, 0.15) is 23.3 Å². The van der Waals surface area contributed by atoms with Gasteiger partial charge in [-0.2, -0.15) is 0 Å². The summed E-state index contributed by atoms with van der Waals surface area (Å²) < 4.78 is 11.2. The summed E-state index contributed by atoms with van der Waals surface area (Å²) in [6.07, 6.45) is 1.49. The van der Waals surface area contributed by atoms with Crippen LogP contribution in [0.25, 0.3) is 5.76 Å². The number of aryl methyl sites for hydroxylation is 1. The normalized spacial score (nSPS) is 17.9. The second-order valence-corrected chi connectivity index (χ2v) is 9.57. The lowest BCUT2D eigenvalue weighted by molar-refractivity contribution is -0.132. The van der Waals surface area contributed by atoms with Gasteiger partial charge in [0.2, 0.25) is 0 Å². The molecule has 1 aliphatic heterocycles. The molecule has 0 bridgehead atoms. The molecule has 6 nitrogen and oxygen atoms in total. The third-order valence-electron chi connectivity index (χ3n) is 6.37. The number of amides is 1. The van der Waals surface area contributed by atoms with E-state index in [0.29, 0.717) is 22.8 Å². The van der Waals surface area contributed by atoms with E-state index in [1.165, 1.54) is 11.2 Å². The first kappa shape index (κ1) is 23.4. The Kier molecular flexibility index (Phi) is 5.86. The fourth-order valence-corrected chi connectivity index (χ4v) is 4.39. The molecular formula is C28H29NO5. The first-order valence-corrected chi connectivity index (χ1v) is 11.2. The molecule has 176 valence electrons. The number of anilines is 1. The number of methoxy groups -OCH3 is 1. The van der Waals surface area contributed by atoms with Crippen molar-refractivity contribution in [1.82, 2.24) is 0 Å². The van der Waals surface area contributed by atoms with Crippen LogP contribution in [-0.2, 0) is 15.0 Å². The van der Waals surface area contributed by atoms with E-state index in [-0.39, 0.29) is 16.7 Å². The average molecular weight is 460 g/mol. The molecule has 6 heteroatoms. The smallest absolute Gasteiger partial charge is 0.300 e. The summed E-state index contributed by atoms with van der Waals surface area (Å²) >= 11 is 0. The maximum atomic E-state index is 13.3. The van der Waals surface area contributed by atoms with E-state index < -0.39 is 17.7 Å². The molecule has 1 atom stereocenters. The standard InChI is InChI=1S/C28H29NO5/c1-16-9-7-10-20(17(16)2)29-24(22-11-8-14-34-22)23(26(31)27(29)32)25(30)18-12-13-21(33-6)19(15-18)28(3,4)5/h7-15,24,30H,1-6H3/b25-23-. The number of ether oxygens (including phenoxy) is 1. The summed E-state index contributed by atoms with van der Waals surface area (Å²) in [4.78, 5) is 28.1. The molecule has 0 radical (unpaired) electrons. The van der Waals surface area contributed by atoms with Gasteiger partial charge in [-0.3, -0.25) is 14.5 Å². The molecule has 1 aliphatic rings. The third kappa shape index (κ3) is 3.79. The zero-order chi connectivity index (χ0) is 24.8. The number of aliphatic hydroxyl groups is 1. The summed E-state index contributed by atoms with van der Waals surface area (Å²) in [7, 11) is 1.59. The van der Waals surface area contributed by atoms with Gasteiger partial charge in [-0.25, -0.2) is 0 Å². The molecule has 1 saturated heterocycles. The van der Waals surface area contributed by atoms with Crippen LogP contribution in [0.5, 0.6) is 5.75 Å². The van der Waals surface area contributed by atoms with E-state index in [9.17, 15) is 14.7 Å². The van der Waals surface area contributed by atoms with Gasteiger partial charge in [0.15, 0.2) is 0 Å². The van der Waals surface area contributed by atoms with Crippen LogP contribution < -0.4 is 9.64 Å². The minimum Gasteiger partial charge on any atom is -0.507 e. The van der Waals surface area contributed by atoms with Crippen molar-refractivity contribution in [2.24, 2.45) is 0 Å². The molecule has 2 heterocycles. The number of benzene rings is 2. The van der Waals surface area contributed by atoms with Crippen LogP contribution in [0.15, 0.2) is 64.8 Å². The number of hydrogen-bond acceptors (Lipinski definition) is 5. The van der Waals surface area contributed by atoms with Crippen molar-refractivity contribution < 1.29 is 23.8 Å². The Labute approximate surface area is 199 Å². The van der Waals surface area contributed by atoms with Gasteiger partial charge >= 0.3 is 0 Å². The second-order valence-electron chi connectivity index (χ2n) is 9.57. The molecule has 3 aromatic rings. The van der Waals surface area contributed by atoms with E-state index in [4.69, 9.17) is 9.15 Å². The van der Waals surface area contributed by atoms with Crippen LogP contribution >= 0.6 is 0 Å². The van der Waals surface area contributed by atoms with Crippen LogP contribution in [-0.4, -0.2) is 23.9 Å². The average Bonchev–Trinajstić information content (AvgIpc) is 3.41. The van der Waals surface area contributed by atoms with Crippen molar-refractivity contribution >= 4 is 23.1 Å². The third-order valence-corrected chi connectivity index (χ3v) is 6.37. The lowest BCUT2D eigenvalue weighted by Crippen LogP contribution is -2.30. The molecule has 1 N–H and O–H groups in total. The predicted octanol–water partition coefficient (Wildman–Crippen LogP) is 5.83. The summed E-state index contributed by atoms with van der Waals surface area (Å²) in [5.74, 6) is -0.636. The Balaban J connectivity index is 1.96. The SMILES string of the molecule is COc1ccc(/C(O)=C2/C(=O)C(=O)N(c3cccc(C)c3C)C2c2ccco2)cc1C(C)(C)C. The molecule has 0 aliphatic carbocycles. The Morgan fingerprint density at radius 1 is 1.06 bits per heavy atom. The minimum absolute atomic E-state index is 0.00844. The largest absolute Gasteiger partial charge is 0.507 e. The van der Waals surface area contributed by atoms with E-state index in [1.807, 2.05) is 46.8 Å². The van der Waals surface area contributed by atoms with Gasteiger partial charge in [0, 0.05) is 16.8 Å². The number of ketones is 1. The van der Waals surface area contributed by atoms with Crippen molar-refractivity contribution in [1.29, 1.82) is 0 Å². The number of furan rings is 1. The monoisotopic (exact) mass is 459 g/mol. The lowest BCUT2D eigenvalue weighted by atomic mass is 9.84.